The number of hydrogen-bond donors (Lipinski definition) is 2. The van der Waals surface area contributed by atoms with Gasteiger partial charge in [0.25, 0.3) is 0 Å². The lowest BCUT2D eigenvalue weighted by atomic mass is 9.58. The lowest BCUT2D eigenvalue weighted by Gasteiger charge is -2.43. The fourth-order valence-corrected chi connectivity index (χ4v) is 7.31. The molecule has 43 heavy (non-hydrogen) atoms. The molecule has 0 spiro atoms. The number of phenols is 1. The Balaban J connectivity index is 1.46. The van der Waals surface area contributed by atoms with Crippen molar-refractivity contribution in [1.29, 1.82) is 0 Å². The SMILES string of the molecule is CCC/C(=C\c1cc(C)c(O)c(C)c1)CC[C@H]1OB(O)C[C@H]2C1=C(COc1ccccc1)C[C@H]1C(=O)N(CCC)C(=O)[C@H]12. The average Bonchev–Trinajstić information content (AvgIpc) is 3.22. The number of carbonyl (C=O) groups is 2. The van der Waals surface area contributed by atoms with E-state index < -0.39 is 19.0 Å². The number of phenolic OH excluding ortho intramolecular Hbond substituents is 1. The van der Waals surface area contributed by atoms with Crippen LogP contribution in [-0.4, -0.2) is 53.2 Å². The van der Waals surface area contributed by atoms with Gasteiger partial charge in [0.2, 0.25) is 11.8 Å². The largest absolute Gasteiger partial charge is 0.507 e. The van der Waals surface area contributed by atoms with Gasteiger partial charge < -0.3 is 19.5 Å². The second-order valence-corrected chi connectivity index (χ2v) is 12.3. The highest BCUT2D eigenvalue weighted by Crippen LogP contribution is 2.50. The number of imide groups is 1. The quantitative estimate of drug-likeness (QED) is 0.184. The summed E-state index contributed by atoms with van der Waals surface area (Å²) in [5, 5.41) is 21.2. The molecule has 228 valence electrons. The van der Waals surface area contributed by atoms with E-state index in [1.54, 1.807) is 0 Å². The van der Waals surface area contributed by atoms with Gasteiger partial charge in [-0.15, -0.1) is 0 Å². The van der Waals surface area contributed by atoms with Crippen molar-refractivity contribution in [2.45, 2.75) is 78.6 Å². The number of carbonyl (C=O) groups excluding carboxylic acids is 2. The first-order valence-electron chi connectivity index (χ1n) is 15.8. The van der Waals surface area contributed by atoms with Crippen molar-refractivity contribution in [2.24, 2.45) is 17.8 Å². The second kappa shape index (κ2) is 13.5. The van der Waals surface area contributed by atoms with Gasteiger partial charge in [0.15, 0.2) is 0 Å². The molecular weight excluding hydrogens is 541 g/mol. The molecule has 2 amide bonds. The van der Waals surface area contributed by atoms with E-state index in [0.29, 0.717) is 44.5 Å². The summed E-state index contributed by atoms with van der Waals surface area (Å²) in [5.41, 5.74) is 6.07. The number of hydrogen-bond acceptors (Lipinski definition) is 6. The molecule has 8 heteroatoms. The van der Waals surface area contributed by atoms with Gasteiger partial charge in [-0.25, -0.2) is 0 Å². The fourth-order valence-electron chi connectivity index (χ4n) is 7.31. The summed E-state index contributed by atoms with van der Waals surface area (Å²) in [6, 6.07) is 13.6. The summed E-state index contributed by atoms with van der Waals surface area (Å²) < 4.78 is 12.4. The summed E-state index contributed by atoms with van der Waals surface area (Å²) in [7, 11) is -1.00. The highest BCUT2D eigenvalue weighted by Gasteiger charge is 2.57. The van der Waals surface area contributed by atoms with E-state index in [1.165, 1.54) is 10.5 Å². The Morgan fingerprint density at radius 2 is 1.77 bits per heavy atom. The number of allylic oxidation sites excluding steroid dienone is 1. The molecule has 2 fully saturated rings. The minimum absolute atomic E-state index is 0.0988. The minimum Gasteiger partial charge on any atom is -0.507 e. The van der Waals surface area contributed by atoms with Gasteiger partial charge in [0.1, 0.15) is 18.1 Å². The molecule has 2 heterocycles. The number of aromatic hydroxyl groups is 1. The topological polar surface area (TPSA) is 96.3 Å². The molecule has 3 aliphatic rings. The van der Waals surface area contributed by atoms with E-state index in [4.69, 9.17) is 9.39 Å². The number of amides is 2. The van der Waals surface area contributed by atoms with Crippen LogP contribution < -0.4 is 4.74 Å². The molecule has 2 aromatic carbocycles. The Bertz CT molecular complexity index is 1380. The highest BCUT2D eigenvalue weighted by molar-refractivity contribution is 6.43. The van der Waals surface area contributed by atoms with E-state index in [0.717, 1.165) is 52.8 Å². The Morgan fingerprint density at radius 3 is 2.44 bits per heavy atom. The third-order valence-electron chi connectivity index (χ3n) is 9.19. The maximum Gasteiger partial charge on any atom is 0.455 e. The molecule has 2 N–H and O–H groups in total. The summed E-state index contributed by atoms with van der Waals surface area (Å²) in [5.74, 6) is -0.292. The third kappa shape index (κ3) is 6.60. The van der Waals surface area contributed by atoms with Crippen molar-refractivity contribution in [3.05, 3.63) is 75.9 Å². The first kappa shape index (κ1) is 31.1. The standard InChI is InChI=1S/C35H44BNO6/c1-5-10-24(18-25-16-22(3)33(38)23(4)17-25)13-14-30-31-26(21-42-27-11-8-7-9-12-27)19-28-32(29(31)20-36(41)43-30)35(40)37(15-6-2)34(28)39/h7-9,11-12,16-18,28-30,32,38,41H,5-6,10,13-15,19-21H2,1-4H3/b24-18+/t28-,29+,30-,32-/m1/s1. The van der Waals surface area contributed by atoms with Crippen LogP contribution in [0, 0.1) is 31.6 Å². The minimum atomic E-state index is -1.00. The van der Waals surface area contributed by atoms with E-state index in [9.17, 15) is 19.7 Å². The van der Waals surface area contributed by atoms with Crippen LogP contribution in [0.2, 0.25) is 6.32 Å². The fraction of sp³-hybridized carbons (Fsp3) is 0.486. The second-order valence-electron chi connectivity index (χ2n) is 12.3. The highest BCUT2D eigenvalue weighted by atomic mass is 16.5. The molecule has 5 rings (SSSR count). The molecular formula is C35H44BNO6. The van der Waals surface area contributed by atoms with Crippen LogP contribution in [0.15, 0.2) is 59.2 Å². The molecule has 7 nitrogen and oxygen atoms in total. The number of ether oxygens (including phenoxy) is 1. The number of aryl methyl sites for hydroxylation is 2. The van der Waals surface area contributed by atoms with Crippen molar-refractivity contribution >= 4 is 25.0 Å². The van der Waals surface area contributed by atoms with Crippen molar-refractivity contribution in [3.8, 4) is 11.5 Å². The number of para-hydroxylation sites is 1. The molecule has 0 radical (unpaired) electrons. The van der Waals surface area contributed by atoms with E-state index in [-0.39, 0.29) is 23.8 Å². The average molecular weight is 586 g/mol. The third-order valence-corrected chi connectivity index (χ3v) is 9.19. The van der Waals surface area contributed by atoms with Crippen molar-refractivity contribution in [1.82, 2.24) is 4.90 Å². The number of rotatable bonds is 11. The zero-order chi connectivity index (χ0) is 30.7. The predicted octanol–water partition coefficient (Wildman–Crippen LogP) is 6.26. The zero-order valence-electron chi connectivity index (χ0n) is 25.8. The number of fused-ring (bicyclic) bond motifs is 3. The summed E-state index contributed by atoms with van der Waals surface area (Å²) in [4.78, 5) is 28.5. The van der Waals surface area contributed by atoms with Crippen LogP contribution >= 0.6 is 0 Å². The molecule has 0 aromatic heterocycles. The van der Waals surface area contributed by atoms with E-state index in [2.05, 4.69) is 13.0 Å². The maximum atomic E-state index is 13.6. The Hall–Kier alpha value is -3.36. The summed E-state index contributed by atoms with van der Waals surface area (Å²) >= 11 is 0. The van der Waals surface area contributed by atoms with Crippen LogP contribution in [0.5, 0.6) is 11.5 Å². The smallest absolute Gasteiger partial charge is 0.455 e. The molecule has 2 saturated heterocycles. The first-order chi connectivity index (χ1) is 20.7. The van der Waals surface area contributed by atoms with Gasteiger partial charge in [-0.1, -0.05) is 50.1 Å². The lowest BCUT2D eigenvalue weighted by molar-refractivity contribution is -0.140. The Morgan fingerprint density at radius 1 is 1.05 bits per heavy atom. The molecule has 0 unspecified atom stereocenters. The monoisotopic (exact) mass is 585 g/mol. The summed E-state index contributed by atoms with van der Waals surface area (Å²) in [6.07, 6.45) is 6.62. The molecule has 4 atom stereocenters. The molecule has 2 aliphatic heterocycles. The van der Waals surface area contributed by atoms with Crippen molar-refractivity contribution < 1.29 is 29.1 Å². The van der Waals surface area contributed by atoms with Crippen LogP contribution in [0.4, 0.5) is 0 Å². The first-order valence-corrected chi connectivity index (χ1v) is 15.8. The van der Waals surface area contributed by atoms with Crippen LogP contribution in [0.3, 0.4) is 0 Å². The molecule has 2 aromatic rings. The van der Waals surface area contributed by atoms with Gasteiger partial charge in [0, 0.05) is 6.54 Å². The van der Waals surface area contributed by atoms with Crippen LogP contribution in [0.25, 0.3) is 6.08 Å². The molecule has 0 saturated carbocycles. The number of nitrogens with zero attached hydrogens (tertiary/aromatic N) is 1. The van der Waals surface area contributed by atoms with Gasteiger partial charge in [0.05, 0.1) is 17.9 Å². The predicted molar refractivity (Wildman–Crippen MR) is 168 cm³/mol. The zero-order valence-corrected chi connectivity index (χ0v) is 25.8. The summed E-state index contributed by atoms with van der Waals surface area (Å²) in [6.45, 7) is 8.69. The molecule has 1 aliphatic carbocycles. The lowest BCUT2D eigenvalue weighted by Crippen LogP contribution is -2.46. The normalized spacial score (nSPS) is 24.0. The van der Waals surface area contributed by atoms with Gasteiger partial charge in [-0.05, 0) is 110 Å². The van der Waals surface area contributed by atoms with Gasteiger partial charge >= 0.3 is 7.12 Å². The maximum absolute atomic E-state index is 13.6. The van der Waals surface area contributed by atoms with Gasteiger partial charge in [-0.3, -0.25) is 14.5 Å². The van der Waals surface area contributed by atoms with Crippen molar-refractivity contribution in [3.63, 3.8) is 0 Å². The Labute approximate surface area is 255 Å². The molecule has 0 bridgehead atoms. The van der Waals surface area contributed by atoms with Crippen LogP contribution in [0.1, 0.15) is 69.1 Å². The van der Waals surface area contributed by atoms with E-state index in [1.807, 2.05) is 63.2 Å². The van der Waals surface area contributed by atoms with Gasteiger partial charge in [-0.2, -0.15) is 0 Å². The number of likely N-dealkylation sites (tertiary alicyclic amines) is 1. The Kier molecular flexibility index (Phi) is 9.77. The number of benzene rings is 2. The van der Waals surface area contributed by atoms with Crippen LogP contribution in [-0.2, 0) is 14.2 Å². The van der Waals surface area contributed by atoms with Crippen molar-refractivity contribution in [2.75, 3.05) is 13.2 Å². The van der Waals surface area contributed by atoms with E-state index >= 15 is 0 Å².